The standard InChI is InChI=1S/C24H33N7O2/c1-14-9-17(31(23(32)33)24(3,4)5)13-30(12-14)21-11-19(26-22(25-6)27-21)16-7-8-18-15(2)28-29-20(18)10-16/h7-8,10-11,14,17H,9,12-13H2,1-6H3,(H,28,29)(H,32,33)(H,25,26,27)/t14-,17-/m1/s1. The van der Waals surface area contributed by atoms with Crippen LogP contribution in [0.15, 0.2) is 24.3 Å². The molecule has 0 unspecified atom stereocenters. The van der Waals surface area contributed by atoms with Crippen molar-refractivity contribution >= 4 is 28.8 Å². The van der Waals surface area contributed by atoms with Gasteiger partial charge in [-0.2, -0.15) is 10.1 Å². The number of nitrogens with zero attached hydrogens (tertiary/aromatic N) is 5. The number of nitrogens with one attached hydrogen (secondary N) is 2. The molecule has 9 heteroatoms. The molecule has 4 rings (SSSR count). The summed E-state index contributed by atoms with van der Waals surface area (Å²) in [4.78, 5) is 25.3. The molecule has 33 heavy (non-hydrogen) atoms. The van der Waals surface area contributed by atoms with E-state index >= 15 is 0 Å². The third-order valence-electron chi connectivity index (χ3n) is 6.24. The minimum Gasteiger partial charge on any atom is -0.465 e. The fourth-order valence-corrected chi connectivity index (χ4v) is 4.86. The number of piperidine rings is 1. The van der Waals surface area contributed by atoms with E-state index in [9.17, 15) is 9.90 Å². The number of anilines is 2. The van der Waals surface area contributed by atoms with Gasteiger partial charge in [0.15, 0.2) is 0 Å². The Kier molecular flexibility index (Phi) is 5.90. The predicted molar refractivity (Wildman–Crippen MR) is 131 cm³/mol. The topological polar surface area (TPSA) is 110 Å². The van der Waals surface area contributed by atoms with Crippen LogP contribution in [0.1, 0.15) is 39.8 Å². The van der Waals surface area contributed by atoms with Crippen molar-refractivity contribution in [2.24, 2.45) is 5.92 Å². The van der Waals surface area contributed by atoms with Gasteiger partial charge in [-0.25, -0.2) is 9.78 Å². The van der Waals surface area contributed by atoms with Gasteiger partial charge in [-0.15, -0.1) is 0 Å². The number of rotatable bonds is 4. The molecule has 0 radical (unpaired) electrons. The monoisotopic (exact) mass is 451 g/mol. The normalized spacial score (nSPS) is 19.0. The highest BCUT2D eigenvalue weighted by molar-refractivity contribution is 5.86. The molecule has 1 amide bonds. The number of aryl methyl sites for hydroxylation is 1. The number of aromatic nitrogens is 4. The highest BCUT2D eigenvalue weighted by Crippen LogP contribution is 2.32. The maximum atomic E-state index is 12.1. The quantitative estimate of drug-likeness (QED) is 0.540. The number of H-pyrrole nitrogens is 1. The van der Waals surface area contributed by atoms with Gasteiger partial charge in [0.1, 0.15) is 5.82 Å². The molecule has 3 heterocycles. The Balaban J connectivity index is 1.71. The van der Waals surface area contributed by atoms with Crippen LogP contribution in [0.25, 0.3) is 22.2 Å². The number of benzene rings is 1. The SMILES string of the molecule is CNc1nc(-c2ccc3c(C)n[nH]c3c2)cc(N2C[C@H](C)C[C@@H](N(C(=O)O)C(C)(C)C)C2)n1. The second kappa shape index (κ2) is 8.53. The highest BCUT2D eigenvalue weighted by Gasteiger charge is 2.38. The van der Waals surface area contributed by atoms with E-state index in [1.165, 1.54) is 0 Å². The summed E-state index contributed by atoms with van der Waals surface area (Å²) in [5, 5.41) is 21.5. The van der Waals surface area contributed by atoms with Gasteiger partial charge in [0.2, 0.25) is 5.95 Å². The van der Waals surface area contributed by atoms with Gasteiger partial charge in [-0.1, -0.05) is 19.1 Å². The summed E-state index contributed by atoms with van der Waals surface area (Å²) in [7, 11) is 1.80. The average Bonchev–Trinajstić information content (AvgIpc) is 3.12. The lowest BCUT2D eigenvalue weighted by Gasteiger charge is -2.46. The number of carbonyl (C=O) groups is 1. The molecule has 1 aliphatic heterocycles. The summed E-state index contributed by atoms with van der Waals surface area (Å²) in [5.74, 6) is 1.65. The number of aromatic amines is 1. The summed E-state index contributed by atoms with van der Waals surface area (Å²) in [6, 6.07) is 8.02. The van der Waals surface area contributed by atoms with E-state index in [4.69, 9.17) is 4.98 Å². The largest absolute Gasteiger partial charge is 0.465 e. The van der Waals surface area contributed by atoms with E-state index in [1.807, 2.05) is 45.9 Å². The molecular weight excluding hydrogens is 418 g/mol. The van der Waals surface area contributed by atoms with Crippen molar-refractivity contribution in [3.63, 3.8) is 0 Å². The molecule has 2 atom stereocenters. The summed E-state index contributed by atoms with van der Waals surface area (Å²) in [5.41, 5.74) is 3.22. The van der Waals surface area contributed by atoms with Gasteiger partial charge in [0.25, 0.3) is 0 Å². The number of amides is 1. The molecule has 0 spiro atoms. The first kappa shape index (κ1) is 22.8. The lowest BCUT2D eigenvalue weighted by Crippen LogP contribution is -2.58. The van der Waals surface area contributed by atoms with Gasteiger partial charge in [0.05, 0.1) is 22.9 Å². The van der Waals surface area contributed by atoms with Gasteiger partial charge < -0.3 is 15.3 Å². The molecule has 176 valence electrons. The smallest absolute Gasteiger partial charge is 0.408 e. The Morgan fingerprint density at radius 3 is 2.67 bits per heavy atom. The number of hydrogen-bond acceptors (Lipinski definition) is 6. The van der Waals surface area contributed by atoms with Gasteiger partial charge >= 0.3 is 6.09 Å². The Bertz CT molecular complexity index is 1170. The first-order valence-electron chi connectivity index (χ1n) is 11.4. The van der Waals surface area contributed by atoms with E-state index in [1.54, 1.807) is 11.9 Å². The predicted octanol–water partition coefficient (Wildman–Crippen LogP) is 4.36. The van der Waals surface area contributed by atoms with Crippen molar-refractivity contribution in [1.29, 1.82) is 0 Å². The Morgan fingerprint density at radius 2 is 2.00 bits per heavy atom. The maximum absolute atomic E-state index is 12.1. The molecule has 0 aliphatic carbocycles. The van der Waals surface area contributed by atoms with Crippen LogP contribution in [0.5, 0.6) is 0 Å². The van der Waals surface area contributed by atoms with Crippen molar-refractivity contribution in [1.82, 2.24) is 25.1 Å². The van der Waals surface area contributed by atoms with Gasteiger partial charge in [-0.05, 0) is 46.1 Å². The molecule has 9 nitrogen and oxygen atoms in total. The first-order valence-corrected chi connectivity index (χ1v) is 11.4. The Morgan fingerprint density at radius 1 is 1.24 bits per heavy atom. The van der Waals surface area contributed by atoms with E-state index in [0.29, 0.717) is 18.4 Å². The Labute approximate surface area is 194 Å². The van der Waals surface area contributed by atoms with Gasteiger partial charge in [0, 0.05) is 42.7 Å². The molecular formula is C24H33N7O2. The Hall–Kier alpha value is -3.36. The highest BCUT2D eigenvalue weighted by atomic mass is 16.4. The molecule has 1 aromatic carbocycles. The van der Waals surface area contributed by atoms with Crippen molar-refractivity contribution in [3.8, 4) is 11.3 Å². The second-order valence-electron chi connectivity index (χ2n) is 9.98. The van der Waals surface area contributed by atoms with Crippen molar-refractivity contribution < 1.29 is 9.90 Å². The summed E-state index contributed by atoms with van der Waals surface area (Å²) in [6.07, 6.45) is -0.0591. The molecule has 3 N–H and O–H groups in total. The fourth-order valence-electron chi connectivity index (χ4n) is 4.86. The number of hydrogen-bond donors (Lipinski definition) is 3. The zero-order valence-electron chi connectivity index (χ0n) is 20.2. The first-order chi connectivity index (χ1) is 15.6. The average molecular weight is 452 g/mol. The zero-order valence-corrected chi connectivity index (χ0v) is 20.2. The van der Waals surface area contributed by atoms with Crippen LogP contribution in [-0.4, -0.2) is 68.0 Å². The van der Waals surface area contributed by atoms with E-state index in [-0.39, 0.29) is 6.04 Å². The van der Waals surface area contributed by atoms with E-state index < -0.39 is 11.6 Å². The van der Waals surface area contributed by atoms with Crippen LogP contribution in [0, 0.1) is 12.8 Å². The van der Waals surface area contributed by atoms with Crippen molar-refractivity contribution in [2.45, 2.75) is 52.6 Å². The third kappa shape index (κ3) is 4.58. The fraction of sp³-hybridized carbons (Fsp3) is 0.500. The van der Waals surface area contributed by atoms with Gasteiger partial charge in [-0.3, -0.25) is 10.00 Å². The van der Waals surface area contributed by atoms with E-state index in [2.05, 4.69) is 38.4 Å². The van der Waals surface area contributed by atoms with Crippen LogP contribution < -0.4 is 10.2 Å². The molecule has 0 saturated carbocycles. The minimum absolute atomic E-state index is 0.119. The zero-order chi connectivity index (χ0) is 23.9. The molecule has 1 aliphatic rings. The lowest BCUT2D eigenvalue weighted by atomic mass is 9.92. The molecule has 2 aromatic heterocycles. The van der Waals surface area contributed by atoms with Crippen LogP contribution in [0.4, 0.5) is 16.6 Å². The van der Waals surface area contributed by atoms with Crippen LogP contribution in [-0.2, 0) is 0 Å². The number of carboxylic acid groups (broad SMARTS) is 1. The second-order valence-corrected chi connectivity index (χ2v) is 9.98. The summed E-state index contributed by atoms with van der Waals surface area (Å²) in [6.45, 7) is 11.4. The maximum Gasteiger partial charge on any atom is 0.408 e. The van der Waals surface area contributed by atoms with Crippen LogP contribution in [0.3, 0.4) is 0 Å². The summed E-state index contributed by atoms with van der Waals surface area (Å²) >= 11 is 0. The molecule has 3 aromatic rings. The number of fused-ring (bicyclic) bond motifs is 1. The third-order valence-corrected chi connectivity index (χ3v) is 6.24. The van der Waals surface area contributed by atoms with Crippen molar-refractivity contribution in [3.05, 3.63) is 30.0 Å². The molecule has 1 fully saturated rings. The minimum atomic E-state index is -0.885. The molecule has 0 bridgehead atoms. The van der Waals surface area contributed by atoms with E-state index in [0.717, 1.165) is 46.6 Å². The van der Waals surface area contributed by atoms with Crippen LogP contribution >= 0.6 is 0 Å². The van der Waals surface area contributed by atoms with Crippen molar-refractivity contribution in [2.75, 3.05) is 30.4 Å². The summed E-state index contributed by atoms with van der Waals surface area (Å²) < 4.78 is 0. The molecule has 1 saturated heterocycles. The lowest BCUT2D eigenvalue weighted by molar-refractivity contribution is 0.0587. The van der Waals surface area contributed by atoms with Crippen LogP contribution in [0.2, 0.25) is 0 Å².